The summed E-state index contributed by atoms with van der Waals surface area (Å²) in [5, 5.41) is 0. The van der Waals surface area contributed by atoms with Gasteiger partial charge in [-0.1, -0.05) is 65.4 Å². The third kappa shape index (κ3) is 6.92. The van der Waals surface area contributed by atoms with Gasteiger partial charge in [-0.25, -0.2) is 0 Å². The summed E-state index contributed by atoms with van der Waals surface area (Å²) in [6, 6.07) is 0. The van der Waals surface area contributed by atoms with Gasteiger partial charge in [-0.15, -0.1) is 0 Å². The smallest absolute Gasteiger partial charge is 0.198 e. The van der Waals surface area contributed by atoms with Gasteiger partial charge >= 0.3 is 0 Å². The molecule has 1 rings (SSSR count). The standard InChI is InChI=1S/C17H27BrOSi/c1-15-10-12-17(2,3)11-8-6-7-9-16(13-15)19-20(4,5)14-18/h8,10-11,16H,6,12-14H2,1-5H3/b11-8-,15-10+. The maximum absolute atomic E-state index is 6.28. The van der Waals surface area contributed by atoms with Crippen LogP contribution in [0.15, 0.2) is 23.8 Å². The van der Waals surface area contributed by atoms with E-state index in [0.29, 0.717) is 0 Å². The van der Waals surface area contributed by atoms with Crippen molar-refractivity contribution in [2.75, 3.05) is 4.95 Å². The summed E-state index contributed by atoms with van der Waals surface area (Å²) in [4.78, 5) is 0.952. The predicted octanol–water partition coefficient (Wildman–Crippen LogP) is 5.23. The van der Waals surface area contributed by atoms with Crippen molar-refractivity contribution in [1.29, 1.82) is 0 Å². The first-order valence-electron chi connectivity index (χ1n) is 7.30. The molecule has 112 valence electrons. The molecule has 0 N–H and O–H groups in total. The van der Waals surface area contributed by atoms with Gasteiger partial charge in [0.2, 0.25) is 0 Å². The van der Waals surface area contributed by atoms with Gasteiger partial charge in [-0.3, -0.25) is 0 Å². The molecule has 0 aliphatic heterocycles. The van der Waals surface area contributed by atoms with Crippen molar-refractivity contribution < 1.29 is 4.43 Å². The molecule has 0 aromatic heterocycles. The van der Waals surface area contributed by atoms with E-state index in [2.05, 4.69) is 79.9 Å². The van der Waals surface area contributed by atoms with Gasteiger partial charge in [0.1, 0.15) is 6.10 Å². The van der Waals surface area contributed by atoms with Crippen LogP contribution < -0.4 is 0 Å². The first-order chi connectivity index (χ1) is 9.24. The van der Waals surface area contributed by atoms with Gasteiger partial charge in [0.25, 0.3) is 0 Å². The van der Waals surface area contributed by atoms with Crippen LogP contribution in [0.5, 0.6) is 0 Å². The van der Waals surface area contributed by atoms with Crippen molar-refractivity contribution >= 4 is 24.2 Å². The van der Waals surface area contributed by atoms with Gasteiger partial charge in [0.05, 0.1) is 0 Å². The molecule has 0 aromatic rings. The fourth-order valence-corrected chi connectivity index (χ4v) is 3.40. The lowest BCUT2D eigenvalue weighted by Gasteiger charge is -2.25. The molecule has 1 unspecified atom stereocenters. The Morgan fingerprint density at radius 3 is 2.80 bits per heavy atom. The molecule has 20 heavy (non-hydrogen) atoms. The maximum Gasteiger partial charge on any atom is 0.198 e. The summed E-state index contributed by atoms with van der Waals surface area (Å²) in [7, 11) is -1.63. The third-order valence-electron chi connectivity index (χ3n) is 3.32. The molecule has 0 aromatic carbocycles. The summed E-state index contributed by atoms with van der Waals surface area (Å²) in [5.41, 5.74) is 1.60. The third-order valence-corrected chi connectivity index (χ3v) is 8.94. The maximum atomic E-state index is 6.28. The molecule has 1 atom stereocenters. The molecule has 3 heteroatoms. The van der Waals surface area contributed by atoms with Gasteiger partial charge in [0, 0.05) is 17.8 Å². The van der Waals surface area contributed by atoms with Crippen molar-refractivity contribution in [3.05, 3.63) is 23.8 Å². The monoisotopic (exact) mass is 354 g/mol. The van der Waals surface area contributed by atoms with Gasteiger partial charge in [-0.05, 0) is 31.9 Å². The molecule has 0 spiro atoms. The largest absolute Gasteiger partial charge is 0.403 e. The number of hydrogen-bond acceptors (Lipinski definition) is 1. The fraction of sp³-hybridized carbons (Fsp3) is 0.647. The molecule has 1 aliphatic carbocycles. The fourth-order valence-electron chi connectivity index (χ4n) is 2.03. The Labute approximate surface area is 134 Å². The van der Waals surface area contributed by atoms with E-state index in [1.807, 2.05) is 0 Å². The Morgan fingerprint density at radius 2 is 2.15 bits per heavy atom. The molecule has 0 fully saturated rings. The molecule has 0 amide bonds. The minimum absolute atomic E-state index is 0.0417. The number of allylic oxidation sites excluding steroid dienone is 3. The highest BCUT2D eigenvalue weighted by Gasteiger charge is 2.25. The summed E-state index contributed by atoms with van der Waals surface area (Å²) in [6.45, 7) is 11.2. The van der Waals surface area contributed by atoms with E-state index in [1.54, 1.807) is 0 Å². The first kappa shape index (κ1) is 17.7. The van der Waals surface area contributed by atoms with Crippen molar-refractivity contribution in [3.63, 3.8) is 0 Å². The highest BCUT2D eigenvalue weighted by molar-refractivity contribution is 9.09. The number of hydrogen-bond donors (Lipinski definition) is 0. The molecule has 0 bridgehead atoms. The predicted molar refractivity (Wildman–Crippen MR) is 94.5 cm³/mol. The molecule has 1 nitrogen and oxygen atoms in total. The SMILES string of the molecule is C/C1=C\CC(C)(C)/C=C\CC#CC(O[Si](C)(C)CBr)C1. The van der Waals surface area contributed by atoms with E-state index in [1.165, 1.54) is 5.57 Å². The topological polar surface area (TPSA) is 9.23 Å². The number of alkyl halides is 1. The zero-order valence-electron chi connectivity index (χ0n) is 13.4. The minimum Gasteiger partial charge on any atom is -0.403 e. The Morgan fingerprint density at radius 1 is 1.45 bits per heavy atom. The van der Waals surface area contributed by atoms with Gasteiger partial charge in [0.15, 0.2) is 8.32 Å². The van der Waals surface area contributed by atoms with Crippen molar-refractivity contribution in [1.82, 2.24) is 0 Å². The summed E-state index contributed by atoms with van der Waals surface area (Å²) in [6.07, 6.45) is 9.67. The second-order valence-electron chi connectivity index (χ2n) is 6.87. The van der Waals surface area contributed by atoms with E-state index in [0.717, 1.165) is 24.2 Å². The van der Waals surface area contributed by atoms with Crippen LogP contribution in [-0.2, 0) is 4.43 Å². The van der Waals surface area contributed by atoms with Gasteiger partial charge < -0.3 is 4.43 Å². The van der Waals surface area contributed by atoms with E-state index < -0.39 is 8.32 Å². The average Bonchev–Trinajstić information content (AvgIpc) is 2.37. The Bertz CT molecular complexity index is 438. The van der Waals surface area contributed by atoms with Crippen LogP contribution in [0.4, 0.5) is 0 Å². The Hall–Kier alpha value is -0.303. The second kappa shape index (κ2) is 7.63. The van der Waals surface area contributed by atoms with E-state index >= 15 is 0 Å². The Kier molecular flexibility index (Phi) is 6.77. The molecular weight excluding hydrogens is 328 g/mol. The van der Waals surface area contributed by atoms with Crippen molar-refractivity contribution in [3.8, 4) is 11.8 Å². The quantitative estimate of drug-likeness (QED) is 0.292. The average molecular weight is 355 g/mol. The highest BCUT2D eigenvalue weighted by atomic mass is 79.9. The molecule has 0 heterocycles. The number of rotatable bonds is 3. The first-order valence-corrected chi connectivity index (χ1v) is 11.5. The summed E-state index contributed by atoms with van der Waals surface area (Å²) >= 11 is 3.57. The van der Waals surface area contributed by atoms with Crippen LogP contribution in [0, 0.1) is 17.3 Å². The van der Waals surface area contributed by atoms with E-state index in [9.17, 15) is 0 Å². The zero-order chi connectivity index (χ0) is 15.2. The second-order valence-corrected chi connectivity index (χ2v) is 12.6. The van der Waals surface area contributed by atoms with Crippen LogP contribution in [0.25, 0.3) is 0 Å². The molecule has 0 saturated heterocycles. The number of halogens is 1. The normalized spacial score (nSPS) is 27.5. The Balaban J connectivity index is 2.87. The lowest BCUT2D eigenvalue weighted by atomic mass is 9.87. The van der Waals surface area contributed by atoms with Crippen LogP contribution in [0.1, 0.15) is 40.0 Å². The summed E-state index contributed by atoms with van der Waals surface area (Å²) < 4.78 is 6.28. The lowest BCUT2D eigenvalue weighted by molar-refractivity contribution is 0.251. The molecule has 1 aliphatic rings. The van der Waals surface area contributed by atoms with Crippen LogP contribution in [0.2, 0.25) is 13.1 Å². The lowest BCUT2D eigenvalue weighted by Crippen LogP contribution is -2.37. The van der Waals surface area contributed by atoms with Crippen LogP contribution >= 0.6 is 15.9 Å². The van der Waals surface area contributed by atoms with Crippen molar-refractivity contribution in [2.45, 2.75) is 59.2 Å². The van der Waals surface area contributed by atoms with Crippen LogP contribution in [0.3, 0.4) is 0 Å². The molecular formula is C17H27BrOSi. The highest BCUT2D eigenvalue weighted by Crippen LogP contribution is 2.25. The minimum atomic E-state index is -1.63. The van der Waals surface area contributed by atoms with Crippen LogP contribution in [-0.4, -0.2) is 19.4 Å². The molecule has 0 saturated carbocycles. The van der Waals surface area contributed by atoms with Gasteiger partial charge in [-0.2, -0.15) is 0 Å². The van der Waals surface area contributed by atoms with E-state index in [-0.39, 0.29) is 11.5 Å². The molecule has 0 radical (unpaired) electrons. The summed E-state index contributed by atoms with van der Waals surface area (Å²) in [5.74, 6) is 6.57. The van der Waals surface area contributed by atoms with Crippen molar-refractivity contribution in [2.24, 2.45) is 5.41 Å². The van der Waals surface area contributed by atoms with E-state index in [4.69, 9.17) is 4.43 Å². The zero-order valence-corrected chi connectivity index (χ0v) is 16.0.